The monoisotopic (exact) mass is 449 g/mol. The van der Waals surface area contributed by atoms with Crippen LogP contribution < -0.4 is 5.32 Å². The van der Waals surface area contributed by atoms with Gasteiger partial charge in [0.1, 0.15) is 0 Å². The van der Waals surface area contributed by atoms with Gasteiger partial charge in [-0.15, -0.1) is 0 Å². The fourth-order valence-corrected chi connectivity index (χ4v) is 6.58. The van der Waals surface area contributed by atoms with E-state index < -0.39 is 10.0 Å². The molecule has 1 spiro atoms. The van der Waals surface area contributed by atoms with Gasteiger partial charge in [0.2, 0.25) is 10.0 Å². The second-order valence-corrected chi connectivity index (χ2v) is 11.3. The summed E-state index contributed by atoms with van der Waals surface area (Å²) in [5.74, 6) is 0.158. The first-order valence-electron chi connectivity index (χ1n) is 11.6. The SMILES string of the molecule is CCS(=O)(=O)N(C1CC1)C1CCOC2(CCN(C(=O)NCCc3ccccc3)CC2)C1. The molecule has 1 N–H and O–H groups in total. The summed E-state index contributed by atoms with van der Waals surface area (Å²) in [5.41, 5.74) is 0.907. The molecule has 3 fully saturated rings. The zero-order valence-corrected chi connectivity index (χ0v) is 19.3. The molecule has 4 rings (SSSR count). The van der Waals surface area contributed by atoms with E-state index in [4.69, 9.17) is 4.74 Å². The number of likely N-dealkylation sites (tertiary alicyclic amines) is 1. The molecule has 1 aliphatic carbocycles. The Balaban J connectivity index is 1.29. The van der Waals surface area contributed by atoms with Crippen LogP contribution in [0.25, 0.3) is 0 Å². The third-order valence-corrected chi connectivity index (χ3v) is 8.88. The second kappa shape index (κ2) is 9.46. The van der Waals surface area contributed by atoms with Gasteiger partial charge < -0.3 is 15.0 Å². The highest BCUT2D eigenvalue weighted by molar-refractivity contribution is 7.89. The van der Waals surface area contributed by atoms with Crippen molar-refractivity contribution in [2.75, 3.05) is 32.0 Å². The molecule has 0 radical (unpaired) electrons. The molecule has 2 heterocycles. The number of nitrogens with one attached hydrogen (secondary N) is 1. The minimum absolute atomic E-state index is 0.0219. The number of piperidine rings is 1. The summed E-state index contributed by atoms with van der Waals surface area (Å²) in [5, 5.41) is 3.03. The average molecular weight is 450 g/mol. The molecule has 1 aromatic carbocycles. The maximum atomic E-state index is 12.7. The molecule has 8 heteroatoms. The van der Waals surface area contributed by atoms with E-state index in [0.29, 0.717) is 26.2 Å². The zero-order chi connectivity index (χ0) is 21.9. The van der Waals surface area contributed by atoms with Gasteiger partial charge in [0.25, 0.3) is 0 Å². The summed E-state index contributed by atoms with van der Waals surface area (Å²) >= 11 is 0. The number of carbonyl (C=O) groups excluding carboxylic acids is 1. The molecule has 2 saturated heterocycles. The smallest absolute Gasteiger partial charge is 0.317 e. The Hall–Kier alpha value is -1.64. The maximum Gasteiger partial charge on any atom is 0.317 e. The van der Waals surface area contributed by atoms with Crippen LogP contribution in [0, 0.1) is 0 Å². The number of urea groups is 1. The van der Waals surface area contributed by atoms with Crippen LogP contribution in [0.15, 0.2) is 30.3 Å². The Labute approximate surface area is 186 Å². The van der Waals surface area contributed by atoms with E-state index >= 15 is 0 Å². The Morgan fingerprint density at radius 3 is 2.52 bits per heavy atom. The molecule has 1 aromatic rings. The van der Waals surface area contributed by atoms with Gasteiger partial charge in [-0.25, -0.2) is 13.2 Å². The van der Waals surface area contributed by atoms with Crippen molar-refractivity contribution in [3.8, 4) is 0 Å². The number of amides is 2. The summed E-state index contributed by atoms with van der Waals surface area (Å²) in [6.45, 7) is 4.24. The molecular formula is C23H35N3O4S. The largest absolute Gasteiger partial charge is 0.375 e. The molecule has 1 saturated carbocycles. The first-order chi connectivity index (χ1) is 14.9. The minimum atomic E-state index is -3.21. The Kier molecular flexibility index (Phi) is 6.89. The number of carbonyl (C=O) groups is 1. The third kappa shape index (κ3) is 5.41. The van der Waals surface area contributed by atoms with Gasteiger partial charge in [0.05, 0.1) is 11.4 Å². The molecule has 3 aliphatic rings. The number of hydrogen-bond acceptors (Lipinski definition) is 4. The standard InChI is InChI=1S/C23H35N3O4S/c1-2-31(28,29)26(20-8-9-20)21-11-17-30-23(18-21)12-15-25(16-13-23)22(27)24-14-10-19-6-4-3-5-7-19/h3-7,20-21H,2,8-18H2,1H3,(H,24,27). The molecule has 0 bridgehead atoms. The lowest BCUT2D eigenvalue weighted by atomic mass is 9.82. The van der Waals surface area contributed by atoms with Gasteiger partial charge >= 0.3 is 6.03 Å². The first-order valence-corrected chi connectivity index (χ1v) is 13.3. The number of benzene rings is 1. The van der Waals surface area contributed by atoms with Crippen LogP contribution >= 0.6 is 0 Å². The third-order valence-electron chi connectivity index (χ3n) is 6.91. The van der Waals surface area contributed by atoms with E-state index in [0.717, 1.165) is 44.9 Å². The molecular weight excluding hydrogens is 414 g/mol. The Morgan fingerprint density at radius 2 is 1.87 bits per heavy atom. The molecule has 2 aliphatic heterocycles. The van der Waals surface area contributed by atoms with Crippen molar-refractivity contribution in [2.24, 2.45) is 0 Å². The van der Waals surface area contributed by atoms with Crippen molar-refractivity contribution in [3.05, 3.63) is 35.9 Å². The summed E-state index contributed by atoms with van der Waals surface area (Å²) in [7, 11) is -3.21. The van der Waals surface area contributed by atoms with Gasteiger partial charge in [-0.1, -0.05) is 30.3 Å². The van der Waals surface area contributed by atoms with Gasteiger partial charge in [0, 0.05) is 38.3 Å². The summed E-state index contributed by atoms with van der Waals surface area (Å²) in [6, 6.07) is 10.3. The van der Waals surface area contributed by atoms with Gasteiger partial charge in [-0.3, -0.25) is 0 Å². The average Bonchev–Trinajstić information content (AvgIpc) is 3.60. The molecule has 1 unspecified atom stereocenters. The number of rotatable bonds is 7. The number of hydrogen-bond donors (Lipinski definition) is 1. The van der Waals surface area contributed by atoms with Crippen LogP contribution in [-0.4, -0.2) is 73.3 Å². The van der Waals surface area contributed by atoms with Crippen molar-refractivity contribution in [1.29, 1.82) is 0 Å². The van der Waals surface area contributed by atoms with Gasteiger partial charge in [0.15, 0.2) is 0 Å². The topological polar surface area (TPSA) is 79.0 Å². The molecule has 0 aromatic heterocycles. The van der Waals surface area contributed by atoms with Crippen molar-refractivity contribution in [1.82, 2.24) is 14.5 Å². The van der Waals surface area contributed by atoms with Crippen molar-refractivity contribution >= 4 is 16.1 Å². The van der Waals surface area contributed by atoms with E-state index in [1.165, 1.54) is 5.56 Å². The van der Waals surface area contributed by atoms with Gasteiger partial charge in [-0.2, -0.15) is 4.31 Å². The minimum Gasteiger partial charge on any atom is -0.375 e. The lowest BCUT2D eigenvalue weighted by molar-refractivity contribution is -0.122. The zero-order valence-electron chi connectivity index (χ0n) is 18.5. The number of ether oxygens (including phenoxy) is 1. The van der Waals surface area contributed by atoms with E-state index in [9.17, 15) is 13.2 Å². The summed E-state index contributed by atoms with van der Waals surface area (Å²) < 4.78 is 33.5. The highest BCUT2D eigenvalue weighted by atomic mass is 32.2. The van der Waals surface area contributed by atoms with Crippen molar-refractivity contribution < 1.29 is 17.9 Å². The maximum absolute atomic E-state index is 12.7. The van der Waals surface area contributed by atoms with E-state index in [2.05, 4.69) is 17.4 Å². The van der Waals surface area contributed by atoms with Crippen LogP contribution in [0.3, 0.4) is 0 Å². The van der Waals surface area contributed by atoms with Crippen LogP contribution in [0.4, 0.5) is 4.79 Å². The quantitative estimate of drug-likeness (QED) is 0.694. The van der Waals surface area contributed by atoms with Crippen LogP contribution in [0.5, 0.6) is 0 Å². The predicted octanol–water partition coefficient (Wildman–Crippen LogP) is 2.77. The van der Waals surface area contributed by atoms with Crippen molar-refractivity contribution in [3.63, 3.8) is 0 Å². The van der Waals surface area contributed by atoms with E-state index in [1.807, 2.05) is 23.1 Å². The first kappa shape index (κ1) is 22.6. The van der Waals surface area contributed by atoms with E-state index in [1.54, 1.807) is 11.2 Å². The number of nitrogens with zero attached hydrogens (tertiary/aromatic N) is 2. The van der Waals surface area contributed by atoms with Crippen LogP contribution in [-0.2, 0) is 21.2 Å². The van der Waals surface area contributed by atoms with Crippen LogP contribution in [0.2, 0.25) is 0 Å². The van der Waals surface area contributed by atoms with E-state index in [-0.39, 0.29) is 29.5 Å². The lowest BCUT2D eigenvalue weighted by Gasteiger charge is -2.48. The van der Waals surface area contributed by atoms with Crippen LogP contribution in [0.1, 0.15) is 51.0 Å². The molecule has 2 amide bonds. The van der Waals surface area contributed by atoms with Crippen molar-refractivity contribution in [2.45, 2.75) is 69.6 Å². The normalized spacial score (nSPS) is 23.8. The Bertz CT molecular complexity index is 849. The highest BCUT2D eigenvalue weighted by Gasteiger charge is 2.48. The fourth-order valence-electron chi connectivity index (χ4n) is 4.99. The fraction of sp³-hybridized carbons (Fsp3) is 0.696. The molecule has 1 atom stereocenters. The summed E-state index contributed by atoms with van der Waals surface area (Å²) in [4.78, 5) is 14.5. The summed E-state index contributed by atoms with van der Waals surface area (Å²) in [6.07, 6.45) is 5.80. The molecule has 7 nitrogen and oxygen atoms in total. The lowest BCUT2D eigenvalue weighted by Crippen LogP contribution is -2.56. The highest BCUT2D eigenvalue weighted by Crippen LogP contribution is 2.41. The Morgan fingerprint density at radius 1 is 1.16 bits per heavy atom. The molecule has 31 heavy (non-hydrogen) atoms. The van der Waals surface area contributed by atoms with Gasteiger partial charge in [-0.05, 0) is 57.4 Å². The molecule has 172 valence electrons. The number of sulfonamides is 1. The predicted molar refractivity (Wildman–Crippen MR) is 120 cm³/mol. The second-order valence-electron chi connectivity index (χ2n) is 9.09.